The Morgan fingerprint density at radius 3 is 2.50 bits per heavy atom. The van der Waals surface area contributed by atoms with Gasteiger partial charge in [0.15, 0.2) is 0 Å². The molecule has 0 aliphatic heterocycles. The number of nitrogens with one attached hydrogen (secondary N) is 1. The van der Waals surface area contributed by atoms with Crippen LogP contribution >= 0.6 is 0 Å². The molecule has 0 aromatic carbocycles. The van der Waals surface area contributed by atoms with Crippen LogP contribution in [0, 0.1) is 51.2 Å². The molecule has 0 radical (unpaired) electrons. The Hall–Kier alpha value is -1.09. The van der Waals surface area contributed by atoms with Crippen LogP contribution in [0.4, 0.5) is 0 Å². The highest BCUT2D eigenvalue weighted by atomic mass is 16.5. The maximum atomic E-state index is 11.5. The second-order valence-electron chi connectivity index (χ2n) is 14.5. The lowest BCUT2D eigenvalue weighted by molar-refractivity contribution is -0.143. The Morgan fingerprint density at radius 1 is 1.11 bits per heavy atom. The van der Waals surface area contributed by atoms with E-state index in [1.54, 1.807) is 0 Å². The van der Waals surface area contributed by atoms with Crippen LogP contribution in [-0.2, 0) is 9.53 Å². The first-order valence-electron chi connectivity index (χ1n) is 15.0. The van der Waals surface area contributed by atoms with E-state index >= 15 is 0 Å². The van der Waals surface area contributed by atoms with Gasteiger partial charge in [0, 0.05) is 0 Å². The van der Waals surface area contributed by atoms with Gasteiger partial charge in [-0.3, -0.25) is 4.79 Å². The molecule has 36 heavy (non-hydrogen) atoms. The average molecular weight is 498 g/mol. The van der Waals surface area contributed by atoms with E-state index in [9.17, 15) is 4.79 Å². The van der Waals surface area contributed by atoms with Crippen molar-refractivity contribution in [3.63, 3.8) is 0 Å². The van der Waals surface area contributed by atoms with Crippen LogP contribution in [0.15, 0.2) is 23.8 Å². The largest absolute Gasteiger partial charge is 0.468 e. The molecule has 0 spiro atoms. The zero-order chi connectivity index (χ0) is 26.5. The first-order valence-corrected chi connectivity index (χ1v) is 15.0. The van der Waals surface area contributed by atoms with Gasteiger partial charge in [-0.15, -0.1) is 0 Å². The van der Waals surface area contributed by atoms with Gasteiger partial charge in [0.25, 0.3) is 0 Å². The van der Waals surface area contributed by atoms with E-state index < -0.39 is 0 Å². The lowest BCUT2D eigenvalue weighted by Gasteiger charge is -2.69. The van der Waals surface area contributed by atoms with Crippen molar-refractivity contribution in [2.24, 2.45) is 51.2 Å². The van der Waals surface area contributed by atoms with E-state index in [1.807, 2.05) is 5.57 Å². The number of esters is 1. The minimum absolute atomic E-state index is 0.181. The number of carbonyl (C=O) groups is 1. The molecular formula is C33H55NO2. The number of rotatable bonds is 7. The molecule has 4 rings (SSSR count). The molecular weight excluding hydrogens is 442 g/mol. The molecule has 0 bridgehead atoms. The third kappa shape index (κ3) is 4.24. The van der Waals surface area contributed by atoms with Crippen LogP contribution in [0.3, 0.4) is 0 Å². The average Bonchev–Trinajstić information content (AvgIpc) is 2.82. The first-order chi connectivity index (χ1) is 16.8. The van der Waals surface area contributed by atoms with Crippen LogP contribution in [0.25, 0.3) is 0 Å². The lowest BCUT2D eigenvalue weighted by Crippen LogP contribution is -2.61. The molecule has 204 valence electrons. The number of carbonyl (C=O) groups excluding carboxylic acids is 1. The van der Waals surface area contributed by atoms with E-state index in [4.69, 9.17) is 4.74 Å². The van der Waals surface area contributed by atoms with Gasteiger partial charge in [0.05, 0.1) is 13.7 Å². The maximum Gasteiger partial charge on any atom is 0.319 e. The minimum atomic E-state index is -0.181. The highest BCUT2D eigenvalue weighted by molar-refractivity contribution is 5.71. The molecule has 0 aromatic rings. The van der Waals surface area contributed by atoms with Crippen molar-refractivity contribution in [1.29, 1.82) is 0 Å². The first kappa shape index (κ1) is 27.9. The summed E-state index contributed by atoms with van der Waals surface area (Å²) in [6, 6.07) is 0. The van der Waals surface area contributed by atoms with Gasteiger partial charge < -0.3 is 10.1 Å². The van der Waals surface area contributed by atoms with Crippen LogP contribution < -0.4 is 5.32 Å². The molecule has 0 saturated heterocycles. The lowest BCUT2D eigenvalue weighted by atomic mass is 9.35. The van der Waals surface area contributed by atoms with Gasteiger partial charge in [0.2, 0.25) is 0 Å². The number of ether oxygens (including phenoxy) is 1. The quantitative estimate of drug-likeness (QED) is 0.220. The van der Waals surface area contributed by atoms with E-state index in [0.717, 1.165) is 30.7 Å². The zero-order valence-corrected chi connectivity index (χ0v) is 24.8. The molecule has 4 aliphatic rings. The molecule has 3 fully saturated rings. The number of fused-ring (bicyclic) bond motifs is 5. The molecule has 0 aromatic heterocycles. The van der Waals surface area contributed by atoms with Crippen molar-refractivity contribution < 1.29 is 9.53 Å². The van der Waals surface area contributed by atoms with Crippen LogP contribution in [0.1, 0.15) is 106 Å². The van der Waals surface area contributed by atoms with E-state index in [2.05, 4.69) is 66.4 Å². The van der Waals surface area contributed by atoms with Gasteiger partial charge in [-0.1, -0.05) is 65.3 Å². The predicted molar refractivity (Wildman–Crippen MR) is 151 cm³/mol. The summed E-state index contributed by atoms with van der Waals surface area (Å²) in [5, 5.41) is 3.31. The number of allylic oxidation sites excluding steroid dienone is 3. The van der Waals surface area contributed by atoms with Crippen molar-refractivity contribution in [2.45, 2.75) is 106 Å². The van der Waals surface area contributed by atoms with Gasteiger partial charge in [-0.2, -0.15) is 0 Å². The van der Waals surface area contributed by atoms with Gasteiger partial charge in [-0.05, 0) is 123 Å². The normalized spacial score (nSPS) is 46.1. The number of hydrogen-bond donors (Lipinski definition) is 1. The summed E-state index contributed by atoms with van der Waals surface area (Å²) < 4.78 is 4.80. The number of hydrogen-bond acceptors (Lipinski definition) is 3. The predicted octanol–water partition coefficient (Wildman–Crippen LogP) is 7.96. The van der Waals surface area contributed by atoms with Crippen molar-refractivity contribution >= 4 is 5.97 Å². The summed E-state index contributed by atoms with van der Waals surface area (Å²) in [5.41, 5.74) is 4.58. The van der Waals surface area contributed by atoms with E-state index in [0.29, 0.717) is 34.6 Å². The fourth-order valence-corrected chi connectivity index (χ4v) is 10.2. The third-order valence-electron chi connectivity index (χ3n) is 12.8. The summed E-state index contributed by atoms with van der Waals surface area (Å²) in [7, 11) is 1.46. The summed E-state index contributed by atoms with van der Waals surface area (Å²) in [4.78, 5) is 11.5. The van der Waals surface area contributed by atoms with E-state index in [-0.39, 0.29) is 11.4 Å². The van der Waals surface area contributed by atoms with Crippen molar-refractivity contribution in [3.8, 4) is 0 Å². The second kappa shape index (κ2) is 9.90. The second-order valence-corrected chi connectivity index (χ2v) is 14.5. The Morgan fingerprint density at radius 2 is 1.83 bits per heavy atom. The Balaban J connectivity index is 1.65. The van der Waals surface area contributed by atoms with E-state index in [1.165, 1.54) is 64.0 Å². The highest BCUT2D eigenvalue weighted by Gasteiger charge is 2.65. The summed E-state index contributed by atoms with van der Waals surface area (Å²) in [6.45, 7) is 23.6. The Bertz CT molecular complexity index is 892. The van der Waals surface area contributed by atoms with Gasteiger partial charge in [-0.25, -0.2) is 0 Å². The van der Waals surface area contributed by atoms with Crippen molar-refractivity contribution in [1.82, 2.24) is 5.32 Å². The molecule has 3 saturated carbocycles. The fraction of sp³-hybridized carbons (Fsp3) is 0.848. The number of methoxy groups -OCH3 is 1. The van der Waals surface area contributed by atoms with Crippen LogP contribution in [0.5, 0.6) is 0 Å². The molecule has 4 aliphatic carbocycles. The maximum absolute atomic E-state index is 11.5. The van der Waals surface area contributed by atoms with Crippen LogP contribution in [-0.4, -0.2) is 26.2 Å². The van der Waals surface area contributed by atoms with Gasteiger partial charge in [0.1, 0.15) is 0 Å². The molecule has 0 unspecified atom stereocenters. The zero-order valence-electron chi connectivity index (χ0n) is 24.8. The molecule has 0 heterocycles. The smallest absolute Gasteiger partial charge is 0.319 e. The van der Waals surface area contributed by atoms with Crippen molar-refractivity contribution in [2.75, 3.05) is 20.2 Å². The molecule has 1 N–H and O–H groups in total. The Kier molecular flexibility index (Phi) is 7.68. The van der Waals surface area contributed by atoms with Crippen LogP contribution in [0.2, 0.25) is 0 Å². The standard InChI is InChI=1S/C33H55NO2/c1-22(2)25-14-17-33(8)27(31(25,6)15-10-20-34-21-28(35)36-9)12-11-26-29-24(4)23(3)13-16-30(29,5)18-19-32(26,33)7/h11,23-25,27,29,34H,1,10,12-21H2,2-9H3/t23-,24+,25+,27-,29+,30-,31+,32-,33-/m1/s1. The van der Waals surface area contributed by atoms with Crippen molar-refractivity contribution in [3.05, 3.63) is 23.8 Å². The molecule has 3 heteroatoms. The topological polar surface area (TPSA) is 38.3 Å². The molecule has 0 amide bonds. The SMILES string of the molecule is C=C(C)[C@@H]1CC[C@]2(C)[C@H](CC=C3[C@@H]4[C@@H](C)[C@H](C)CC[C@]4(C)CC[C@]32C)[C@@]1(C)CCCNCC(=O)OC. The summed E-state index contributed by atoms with van der Waals surface area (Å²) >= 11 is 0. The molecule has 9 atom stereocenters. The summed E-state index contributed by atoms with van der Waals surface area (Å²) in [6.07, 6.45) is 14.4. The Labute approximate surface area is 222 Å². The minimum Gasteiger partial charge on any atom is -0.468 e. The molecule has 3 nitrogen and oxygen atoms in total. The summed E-state index contributed by atoms with van der Waals surface area (Å²) in [5.74, 6) is 3.45. The van der Waals surface area contributed by atoms with Gasteiger partial charge >= 0.3 is 5.97 Å². The monoisotopic (exact) mass is 497 g/mol. The fourth-order valence-electron chi connectivity index (χ4n) is 10.2. The third-order valence-corrected chi connectivity index (χ3v) is 12.8. The highest BCUT2D eigenvalue weighted by Crippen LogP contribution is 2.74.